The average molecular weight is 428 g/mol. The van der Waals surface area contributed by atoms with Gasteiger partial charge in [-0.25, -0.2) is 4.79 Å². The minimum atomic E-state index is -0.904. The zero-order valence-corrected chi connectivity index (χ0v) is 16.8. The minimum absolute atomic E-state index is 0.0367. The van der Waals surface area contributed by atoms with Gasteiger partial charge in [0, 0.05) is 40.9 Å². The molecule has 2 N–H and O–H groups in total. The zero-order valence-electron chi connectivity index (χ0n) is 15.2. The first-order valence-corrected chi connectivity index (χ1v) is 10.3. The average Bonchev–Trinajstić information content (AvgIpc) is 3.09. The molecule has 29 heavy (non-hydrogen) atoms. The number of thioether (sulfide) groups is 1. The summed E-state index contributed by atoms with van der Waals surface area (Å²) < 4.78 is 0.500. The number of nitrogens with one attached hydrogen (secondary N) is 1. The maximum absolute atomic E-state index is 11.9. The van der Waals surface area contributed by atoms with E-state index >= 15 is 0 Å². The molecule has 0 saturated heterocycles. The molecule has 2 heterocycles. The highest BCUT2D eigenvalue weighted by Gasteiger charge is 2.35. The molecule has 2 aromatic carbocycles. The molecule has 3 aromatic rings. The number of H-pyrrole nitrogens is 1. The highest BCUT2D eigenvalue weighted by Crippen LogP contribution is 2.32. The van der Waals surface area contributed by atoms with E-state index in [9.17, 15) is 20.0 Å². The number of carboxylic acid groups (broad SMARTS) is 1. The molecule has 0 aliphatic carbocycles. The van der Waals surface area contributed by atoms with Gasteiger partial charge in [-0.2, -0.15) is 0 Å². The summed E-state index contributed by atoms with van der Waals surface area (Å²) in [5.41, 5.74) is 3.94. The maximum Gasteiger partial charge on any atom is 0.326 e. The number of nitrogens with zero attached hydrogens (tertiary/aromatic N) is 2. The van der Waals surface area contributed by atoms with Crippen molar-refractivity contribution in [2.75, 3.05) is 0 Å². The van der Waals surface area contributed by atoms with Crippen molar-refractivity contribution in [2.45, 2.75) is 24.8 Å². The summed E-state index contributed by atoms with van der Waals surface area (Å²) in [5.74, 6) is -0.390. The lowest BCUT2D eigenvalue weighted by Crippen LogP contribution is -2.47. The molecule has 1 aliphatic rings. The van der Waals surface area contributed by atoms with Crippen LogP contribution in [0, 0.1) is 10.1 Å². The highest BCUT2D eigenvalue weighted by molar-refractivity contribution is 8.22. The molecule has 1 aliphatic heterocycles. The Balaban J connectivity index is 1.52. The summed E-state index contributed by atoms with van der Waals surface area (Å²) in [6.07, 6.45) is 0.382. The van der Waals surface area contributed by atoms with E-state index in [0.29, 0.717) is 23.0 Å². The number of nitro benzene ring substituents is 1. The van der Waals surface area contributed by atoms with Crippen molar-refractivity contribution >= 4 is 50.9 Å². The van der Waals surface area contributed by atoms with E-state index < -0.39 is 16.9 Å². The number of aromatic nitrogens is 1. The van der Waals surface area contributed by atoms with Gasteiger partial charge < -0.3 is 15.0 Å². The summed E-state index contributed by atoms with van der Waals surface area (Å²) in [6.45, 7) is 0.410. The second-order valence-corrected chi connectivity index (χ2v) is 8.40. The number of carbonyl (C=O) groups is 1. The fraction of sp³-hybridized carbons (Fsp3) is 0.200. The van der Waals surface area contributed by atoms with Crippen LogP contribution in [0.5, 0.6) is 0 Å². The van der Waals surface area contributed by atoms with Crippen molar-refractivity contribution in [3.8, 4) is 0 Å². The Labute approximate surface area is 175 Å². The molecule has 0 saturated carbocycles. The van der Waals surface area contributed by atoms with Crippen molar-refractivity contribution in [3.05, 3.63) is 75.5 Å². The lowest BCUT2D eigenvalue weighted by atomic mass is 9.97. The molecule has 7 nitrogen and oxygen atoms in total. The first-order chi connectivity index (χ1) is 13.9. The van der Waals surface area contributed by atoms with E-state index in [-0.39, 0.29) is 5.69 Å². The van der Waals surface area contributed by atoms with Gasteiger partial charge >= 0.3 is 5.97 Å². The van der Waals surface area contributed by atoms with E-state index in [2.05, 4.69) is 4.98 Å². The molecule has 1 atom stereocenters. The van der Waals surface area contributed by atoms with Crippen LogP contribution in [0.15, 0.2) is 48.5 Å². The summed E-state index contributed by atoms with van der Waals surface area (Å²) in [7, 11) is 0. The number of thiocarbonyl (C=S) groups is 1. The lowest BCUT2D eigenvalue weighted by Gasteiger charge is -2.34. The van der Waals surface area contributed by atoms with Gasteiger partial charge in [0.15, 0.2) is 0 Å². The Kier molecular flexibility index (Phi) is 5.25. The van der Waals surface area contributed by atoms with E-state index in [1.807, 2.05) is 24.3 Å². The Hall–Kier alpha value is -2.91. The van der Waals surface area contributed by atoms with Gasteiger partial charge in [0.2, 0.25) is 0 Å². The predicted molar refractivity (Wildman–Crippen MR) is 116 cm³/mol. The zero-order chi connectivity index (χ0) is 20.5. The number of hydrogen-bond acceptors (Lipinski definition) is 5. The van der Waals surface area contributed by atoms with Crippen LogP contribution in [-0.2, 0) is 23.5 Å². The lowest BCUT2D eigenvalue weighted by molar-refractivity contribution is -0.384. The number of carboxylic acids is 1. The normalized spacial score (nSPS) is 15.9. The van der Waals surface area contributed by atoms with Crippen LogP contribution in [0.3, 0.4) is 0 Å². The van der Waals surface area contributed by atoms with Crippen molar-refractivity contribution in [1.82, 2.24) is 9.88 Å². The standard InChI is InChI=1S/C20H17N3O4S2/c24-19(25)18-9-15-14-3-1-2-4-16(14)21-17(15)10-22(18)20(28)29-11-12-5-7-13(8-6-12)23(26)27/h1-8,18,21H,9-11H2,(H,24,25). The molecule has 9 heteroatoms. The maximum atomic E-state index is 11.9. The SMILES string of the molecule is O=C(O)C1Cc2c([nH]c3ccccc23)CN1C(=S)SCc1ccc([N+](=O)[O-])cc1. The summed E-state index contributed by atoms with van der Waals surface area (Å²) in [6, 6.07) is 13.4. The van der Waals surface area contributed by atoms with Gasteiger partial charge in [-0.3, -0.25) is 10.1 Å². The van der Waals surface area contributed by atoms with E-state index in [0.717, 1.165) is 27.7 Å². The number of para-hydroxylation sites is 1. The molecule has 0 radical (unpaired) electrons. The Morgan fingerprint density at radius 1 is 1.28 bits per heavy atom. The Bertz CT molecular complexity index is 1110. The fourth-order valence-electron chi connectivity index (χ4n) is 3.56. The number of fused-ring (bicyclic) bond motifs is 3. The van der Waals surface area contributed by atoms with Crippen LogP contribution in [-0.4, -0.2) is 36.2 Å². The smallest absolute Gasteiger partial charge is 0.326 e. The molecule has 148 valence electrons. The molecule has 0 spiro atoms. The molecule has 0 bridgehead atoms. The number of non-ortho nitro benzene ring substituents is 1. The van der Waals surface area contributed by atoms with E-state index in [4.69, 9.17) is 12.2 Å². The molecule has 1 unspecified atom stereocenters. The third kappa shape index (κ3) is 3.83. The quantitative estimate of drug-likeness (QED) is 0.367. The number of nitro groups is 1. The molecule has 0 fully saturated rings. The van der Waals surface area contributed by atoms with Gasteiger partial charge in [0.05, 0.1) is 11.5 Å². The highest BCUT2D eigenvalue weighted by atomic mass is 32.2. The molecular weight excluding hydrogens is 410 g/mol. The van der Waals surface area contributed by atoms with Crippen molar-refractivity contribution in [2.24, 2.45) is 0 Å². The van der Waals surface area contributed by atoms with Crippen molar-refractivity contribution < 1.29 is 14.8 Å². The Morgan fingerprint density at radius 3 is 2.69 bits per heavy atom. The largest absolute Gasteiger partial charge is 0.480 e. The number of aliphatic carboxylic acids is 1. The third-order valence-electron chi connectivity index (χ3n) is 5.03. The second-order valence-electron chi connectivity index (χ2n) is 6.79. The van der Waals surface area contributed by atoms with Gasteiger partial charge in [0.1, 0.15) is 10.4 Å². The van der Waals surface area contributed by atoms with Crippen LogP contribution in [0.25, 0.3) is 10.9 Å². The van der Waals surface area contributed by atoms with E-state index in [1.54, 1.807) is 17.0 Å². The van der Waals surface area contributed by atoms with Crippen LogP contribution < -0.4 is 0 Å². The second kappa shape index (κ2) is 7.84. The minimum Gasteiger partial charge on any atom is -0.480 e. The third-order valence-corrected chi connectivity index (χ3v) is 6.58. The number of aromatic amines is 1. The summed E-state index contributed by atoms with van der Waals surface area (Å²) >= 11 is 6.91. The summed E-state index contributed by atoms with van der Waals surface area (Å²) in [5, 5.41) is 21.6. The first kappa shape index (κ1) is 19.4. The van der Waals surface area contributed by atoms with Gasteiger partial charge in [-0.1, -0.05) is 54.3 Å². The molecule has 1 aromatic heterocycles. The summed E-state index contributed by atoms with van der Waals surface area (Å²) in [4.78, 5) is 27.4. The predicted octanol–water partition coefficient (Wildman–Crippen LogP) is 4.11. The number of hydrogen-bond donors (Lipinski definition) is 2. The topological polar surface area (TPSA) is 99.5 Å². The number of benzene rings is 2. The Morgan fingerprint density at radius 2 is 2.00 bits per heavy atom. The fourth-order valence-corrected chi connectivity index (χ4v) is 4.77. The number of rotatable bonds is 4. The van der Waals surface area contributed by atoms with Crippen LogP contribution in [0.1, 0.15) is 16.8 Å². The van der Waals surface area contributed by atoms with Gasteiger partial charge in [-0.05, 0) is 17.2 Å². The monoisotopic (exact) mass is 427 g/mol. The molecule has 0 amide bonds. The first-order valence-electron chi connectivity index (χ1n) is 8.92. The van der Waals surface area contributed by atoms with Crippen LogP contribution >= 0.6 is 24.0 Å². The molecular formula is C20H17N3O4S2. The van der Waals surface area contributed by atoms with E-state index in [1.165, 1.54) is 23.9 Å². The van der Waals surface area contributed by atoms with Crippen LogP contribution in [0.2, 0.25) is 0 Å². The van der Waals surface area contributed by atoms with Gasteiger partial charge in [-0.15, -0.1) is 0 Å². The van der Waals surface area contributed by atoms with Crippen LogP contribution in [0.4, 0.5) is 5.69 Å². The molecule has 4 rings (SSSR count). The van der Waals surface area contributed by atoms with Crippen molar-refractivity contribution in [3.63, 3.8) is 0 Å². The van der Waals surface area contributed by atoms with Gasteiger partial charge in [0.25, 0.3) is 5.69 Å². The van der Waals surface area contributed by atoms with Crippen molar-refractivity contribution in [1.29, 1.82) is 0 Å².